The Balaban J connectivity index is 4.47. The topological polar surface area (TPSA) is 108 Å². The molecule has 0 heterocycles. The zero-order valence-electron chi connectivity index (χ0n) is 28.0. The summed E-state index contributed by atoms with van der Waals surface area (Å²) in [7, 11) is 1.26. The minimum Gasteiger partial charge on any atom is -0.756 e. The molecule has 3 atom stereocenters. The molecule has 0 spiro atoms. The minimum absolute atomic E-state index is 0.000640. The molecule has 2 N–H and O–H groups in total. The Morgan fingerprint density at radius 1 is 0.810 bits per heavy atom. The van der Waals surface area contributed by atoms with Gasteiger partial charge in [-0.2, -0.15) is 0 Å². The monoisotopic (exact) mass is 618 g/mol. The highest BCUT2D eigenvalue weighted by molar-refractivity contribution is 7.45. The van der Waals surface area contributed by atoms with Crippen LogP contribution < -0.4 is 10.2 Å². The van der Waals surface area contributed by atoms with Crippen LogP contribution in [-0.2, 0) is 18.4 Å². The van der Waals surface area contributed by atoms with Crippen molar-refractivity contribution in [2.24, 2.45) is 0 Å². The third-order valence-electron chi connectivity index (χ3n) is 7.50. The lowest BCUT2D eigenvalue weighted by molar-refractivity contribution is -0.870. The van der Waals surface area contributed by atoms with Crippen LogP contribution in [0.2, 0.25) is 0 Å². The van der Waals surface area contributed by atoms with Crippen LogP contribution in [0.15, 0.2) is 12.2 Å². The summed E-state index contributed by atoms with van der Waals surface area (Å²) in [4.78, 5) is 24.8. The molecule has 0 radical (unpaired) electrons. The van der Waals surface area contributed by atoms with E-state index in [1.54, 1.807) is 6.08 Å². The van der Waals surface area contributed by atoms with Crippen LogP contribution in [0, 0.1) is 0 Å². The standard InChI is InChI=1S/C33H67N2O6P/c1-6-8-10-12-13-14-15-16-17-18-19-20-21-23-24-26-32(36)31(34-33(37)27-25-22-11-9-7-2)30-41-42(38,39)40-29-28-35(3,4)5/h24,26,31-32,36H,6-23,25,27-30H2,1-5H3,(H-,34,37,38,39)/b26-24+. The minimum atomic E-state index is -4.56. The average molecular weight is 619 g/mol. The SMILES string of the molecule is CCCCCCCCCCCCCCC/C=C/C(O)C(COP(=O)([O-])OCC[N+](C)(C)C)NC(=O)CCCCCCC. The molecule has 0 saturated heterocycles. The molecule has 8 nitrogen and oxygen atoms in total. The summed E-state index contributed by atoms with van der Waals surface area (Å²) in [5, 5.41) is 13.5. The number of nitrogens with zero attached hydrogens (tertiary/aromatic N) is 1. The fraction of sp³-hybridized carbons (Fsp3) is 0.909. The van der Waals surface area contributed by atoms with Crippen molar-refractivity contribution in [3.8, 4) is 0 Å². The normalized spacial score (nSPS) is 15.1. The molecule has 0 rings (SSSR count). The largest absolute Gasteiger partial charge is 0.756 e. The van der Waals surface area contributed by atoms with Crippen LogP contribution in [0.4, 0.5) is 0 Å². The summed E-state index contributed by atoms with van der Waals surface area (Å²) < 4.78 is 22.9. The molecule has 3 unspecified atom stereocenters. The predicted octanol–water partition coefficient (Wildman–Crippen LogP) is 7.44. The maximum atomic E-state index is 12.5. The molecule has 0 aromatic heterocycles. The molecule has 9 heteroatoms. The van der Waals surface area contributed by atoms with Crippen molar-refractivity contribution in [1.29, 1.82) is 0 Å². The van der Waals surface area contributed by atoms with Crippen molar-refractivity contribution in [1.82, 2.24) is 5.32 Å². The van der Waals surface area contributed by atoms with Crippen molar-refractivity contribution in [2.75, 3.05) is 40.9 Å². The number of aliphatic hydroxyl groups is 1. The number of hydrogen-bond acceptors (Lipinski definition) is 6. The average Bonchev–Trinajstić information content (AvgIpc) is 2.92. The van der Waals surface area contributed by atoms with E-state index in [1.807, 2.05) is 27.2 Å². The number of phosphoric ester groups is 1. The second-order valence-corrected chi connectivity index (χ2v) is 14.3. The van der Waals surface area contributed by atoms with Gasteiger partial charge in [-0.3, -0.25) is 9.36 Å². The Bertz CT molecular complexity index is 713. The highest BCUT2D eigenvalue weighted by atomic mass is 31.2. The van der Waals surface area contributed by atoms with Crippen molar-refractivity contribution >= 4 is 13.7 Å². The molecule has 0 aromatic carbocycles. The predicted molar refractivity (Wildman–Crippen MR) is 173 cm³/mol. The summed E-state index contributed by atoms with van der Waals surface area (Å²) in [5.41, 5.74) is 0. The molecular weight excluding hydrogens is 551 g/mol. The number of amides is 1. The molecule has 0 aliphatic rings. The van der Waals surface area contributed by atoms with Gasteiger partial charge in [0, 0.05) is 6.42 Å². The highest BCUT2D eigenvalue weighted by Crippen LogP contribution is 2.38. The second kappa shape index (κ2) is 26.6. The lowest BCUT2D eigenvalue weighted by Gasteiger charge is -2.29. The van der Waals surface area contributed by atoms with Crippen LogP contribution in [0.1, 0.15) is 142 Å². The molecule has 42 heavy (non-hydrogen) atoms. The van der Waals surface area contributed by atoms with Gasteiger partial charge in [-0.1, -0.05) is 129 Å². The Kier molecular flexibility index (Phi) is 26.1. The Hall–Kier alpha value is -0.760. The molecule has 250 valence electrons. The number of unbranched alkanes of at least 4 members (excludes halogenated alkanes) is 17. The van der Waals surface area contributed by atoms with E-state index in [2.05, 4.69) is 19.2 Å². The maximum absolute atomic E-state index is 12.5. The Morgan fingerprint density at radius 3 is 1.79 bits per heavy atom. The van der Waals surface area contributed by atoms with Gasteiger partial charge in [-0.05, 0) is 19.3 Å². The molecule has 0 aliphatic heterocycles. The first kappa shape index (κ1) is 41.2. The third kappa shape index (κ3) is 28.0. The smallest absolute Gasteiger partial charge is 0.268 e. The summed E-state index contributed by atoms with van der Waals surface area (Å²) in [6, 6.07) is -0.875. The van der Waals surface area contributed by atoms with E-state index in [9.17, 15) is 19.4 Å². The summed E-state index contributed by atoms with van der Waals surface area (Å²) >= 11 is 0. The number of hydrogen-bond donors (Lipinski definition) is 2. The van der Waals surface area contributed by atoms with Gasteiger partial charge in [0.1, 0.15) is 13.2 Å². The number of rotatable bonds is 30. The van der Waals surface area contributed by atoms with Gasteiger partial charge in [-0.25, -0.2) is 0 Å². The van der Waals surface area contributed by atoms with Crippen LogP contribution in [0.5, 0.6) is 0 Å². The first-order valence-electron chi connectivity index (χ1n) is 17.1. The summed E-state index contributed by atoms with van der Waals surface area (Å²) in [6.45, 7) is 4.52. The first-order chi connectivity index (χ1) is 20.0. The number of carbonyl (C=O) groups excluding carboxylic acids is 1. The van der Waals surface area contributed by atoms with Crippen LogP contribution in [0.3, 0.4) is 0 Å². The van der Waals surface area contributed by atoms with Crippen LogP contribution in [0.25, 0.3) is 0 Å². The fourth-order valence-electron chi connectivity index (χ4n) is 4.68. The maximum Gasteiger partial charge on any atom is 0.268 e. The lowest BCUT2D eigenvalue weighted by atomic mass is 10.0. The molecule has 0 aliphatic carbocycles. The second-order valence-electron chi connectivity index (χ2n) is 12.9. The zero-order chi connectivity index (χ0) is 31.5. The van der Waals surface area contributed by atoms with Gasteiger partial charge in [0.2, 0.25) is 5.91 Å². The number of likely N-dealkylation sites (N-methyl/N-ethyl adjacent to an activating group) is 1. The van der Waals surface area contributed by atoms with E-state index in [0.717, 1.165) is 51.4 Å². The first-order valence-corrected chi connectivity index (χ1v) is 18.5. The highest BCUT2D eigenvalue weighted by Gasteiger charge is 2.23. The molecule has 0 bridgehead atoms. The molecule has 0 saturated carbocycles. The number of quaternary nitrogens is 1. The third-order valence-corrected chi connectivity index (χ3v) is 8.46. The van der Waals surface area contributed by atoms with E-state index in [0.29, 0.717) is 17.4 Å². The van der Waals surface area contributed by atoms with Gasteiger partial charge in [0.25, 0.3) is 7.82 Å². The summed E-state index contributed by atoms with van der Waals surface area (Å²) in [6.07, 6.45) is 25.7. The van der Waals surface area contributed by atoms with Gasteiger partial charge in [-0.15, -0.1) is 0 Å². The van der Waals surface area contributed by atoms with Gasteiger partial charge >= 0.3 is 0 Å². The van der Waals surface area contributed by atoms with E-state index >= 15 is 0 Å². The molecule has 1 amide bonds. The van der Waals surface area contributed by atoms with Crippen molar-refractivity contribution in [3.63, 3.8) is 0 Å². The fourth-order valence-corrected chi connectivity index (χ4v) is 5.40. The number of aliphatic hydroxyl groups excluding tert-OH is 1. The molecule has 0 aromatic rings. The van der Waals surface area contributed by atoms with Gasteiger partial charge < -0.3 is 28.8 Å². The number of phosphoric acid groups is 1. The van der Waals surface area contributed by atoms with Crippen LogP contribution >= 0.6 is 7.82 Å². The van der Waals surface area contributed by atoms with E-state index in [-0.39, 0.29) is 19.1 Å². The van der Waals surface area contributed by atoms with Gasteiger partial charge in [0.05, 0.1) is 39.9 Å². The molecular formula is C33H67N2O6P. The number of carbonyl (C=O) groups is 1. The van der Waals surface area contributed by atoms with Crippen LogP contribution in [-0.4, -0.2) is 68.5 Å². The molecule has 0 fully saturated rings. The Morgan fingerprint density at radius 2 is 1.29 bits per heavy atom. The number of nitrogens with one attached hydrogen (secondary N) is 1. The zero-order valence-corrected chi connectivity index (χ0v) is 28.9. The number of allylic oxidation sites excluding steroid dienone is 1. The van der Waals surface area contributed by atoms with E-state index < -0.39 is 20.0 Å². The van der Waals surface area contributed by atoms with E-state index in [4.69, 9.17) is 9.05 Å². The van der Waals surface area contributed by atoms with Gasteiger partial charge in [0.15, 0.2) is 0 Å². The summed E-state index contributed by atoms with van der Waals surface area (Å²) in [5.74, 6) is -0.212. The van der Waals surface area contributed by atoms with E-state index in [1.165, 1.54) is 70.6 Å². The van der Waals surface area contributed by atoms with Crippen molar-refractivity contribution in [2.45, 2.75) is 154 Å². The van der Waals surface area contributed by atoms with Crippen molar-refractivity contribution in [3.05, 3.63) is 12.2 Å². The quantitative estimate of drug-likeness (QED) is 0.0375. The van der Waals surface area contributed by atoms with Crippen molar-refractivity contribution < 1.29 is 32.9 Å². The lowest BCUT2D eigenvalue weighted by Crippen LogP contribution is -2.45. The Labute approximate surface area is 259 Å².